The van der Waals surface area contributed by atoms with Crippen LogP contribution in [-0.4, -0.2) is 24.4 Å². The summed E-state index contributed by atoms with van der Waals surface area (Å²) in [5.41, 5.74) is 3.63. The number of rotatable bonds is 0. The van der Waals surface area contributed by atoms with Gasteiger partial charge in [-0.25, -0.2) is 0 Å². The van der Waals surface area contributed by atoms with Crippen LogP contribution in [0.25, 0.3) is 0 Å². The smallest absolute Gasteiger partial charge is 0.0917 e. The fraction of sp³-hybridized carbons (Fsp3) is 1.00. The summed E-state index contributed by atoms with van der Waals surface area (Å²) in [5.74, 6) is 0.121. The lowest BCUT2D eigenvalue weighted by atomic mass is 11.8. The Morgan fingerprint density at radius 2 is 2.50 bits per heavy atom. The second-order valence-electron chi connectivity index (χ2n) is 1.88. The predicted molar refractivity (Wildman–Crippen MR) is 47.9 cm³/mol. The van der Waals surface area contributed by atoms with E-state index in [9.17, 15) is 0 Å². The van der Waals surface area contributed by atoms with Gasteiger partial charge in [-0.2, -0.15) is 0 Å². The maximum atomic E-state index is 2.77. The van der Waals surface area contributed by atoms with Crippen molar-refractivity contribution in [3.05, 3.63) is 0 Å². The maximum Gasteiger partial charge on any atom is 0.0917 e. The van der Waals surface area contributed by atoms with Gasteiger partial charge in [-0.3, -0.25) is 0 Å². The molecule has 1 heterocycles. The molecule has 4 heteroatoms. The normalized spacial score (nSPS) is 42.5. The first-order chi connectivity index (χ1) is 2.89. The highest BCUT2D eigenvalue weighted by Gasteiger charge is 2.12. The van der Waals surface area contributed by atoms with Crippen molar-refractivity contribution in [2.45, 2.75) is 11.3 Å². The van der Waals surface area contributed by atoms with E-state index in [2.05, 4.69) is 21.8 Å². The molecule has 0 radical (unpaired) electrons. The SMILES string of the molecule is I[SiH]1C[SiH2]C[SiH2]1. The highest BCUT2D eigenvalue weighted by molar-refractivity contribution is 14.1. The van der Waals surface area contributed by atoms with E-state index in [1.807, 2.05) is 11.3 Å². The standard InChI is InChI=1S/C2H9ISi3/c3-6-2-4-1-5-6/h6H,1-2,4-5H2. The monoisotopic (exact) mass is 244 g/mol. The Balaban J connectivity index is 2.18. The van der Waals surface area contributed by atoms with E-state index in [1.54, 1.807) is 0 Å². The Labute approximate surface area is 57.3 Å². The molecule has 0 aliphatic carbocycles. The third-order valence-corrected chi connectivity index (χ3v) is 30.1. The van der Waals surface area contributed by atoms with Gasteiger partial charge in [0.2, 0.25) is 0 Å². The van der Waals surface area contributed by atoms with Crippen LogP contribution in [0.15, 0.2) is 0 Å². The minimum absolute atomic E-state index is 0.121. The van der Waals surface area contributed by atoms with Gasteiger partial charge in [0.1, 0.15) is 0 Å². The zero-order valence-electron chi connectivity index (χ0n) is 3.78. The minimum atomic E-state index is 0.121. The van der Waals surface area contributed by atoms with E-state index in [1.165, 1.54) is 0 Å². The van der Waals surface area contributed by atoms with Crippen LogP contribution in [0.2, 0.25) is 11.3 Å². The Bertz CT molecular complexity index is 42.1. The molecule has 1 saturated heterocycles. The lowest BCUT2D eigenvalue weighted by Crippen LogP contribution is -2.02. The molecule has 1 fully saturated rings. The number of halogens is 1. The molecule has 1 rings (SSSR count). The van der Waals surface area contributed by atoms with E-state index in [0.29, 0.717) is 18.6 Å². The van der Waals surface area contributed by atoms with Gasteiger partial charge in [-0.15, -0.1) is 21.8 Å². The van der Waals surface area contributed by atoms with Gasteiger partial charge in [-0.1, -0.05) is 11.3 Å². The Morgan fingerprint density at radius 3 is 2.67 bits per heavy atom. The highest BCUT2D eigenvalue weighted by Crippen LogP contribution is 2.07. The molecule has 0 aromatic rings. The van der Waals surface area contributed by atoms with Gasteiger partial charge < -0.3 is 0 Å². The zero-order valence-corrected chi connectivity index (χ0v) is 9.92. The van der Waals surface area contributed by atoms with Gasteiger partial charge in [-0.05, 0) is 0 Å². The summed E-state index contributed by atoms with van der Waals surface area (Å²) in [7, 11) is 1.27. The summed E-state index contributed by atoms with van der Waals surface area (Å²) in [5, 5.41) is 0. The molecule has 0 bridgehead atoms. The second kappa shape index (κ2) is 2.63. The van der Waals surface area contributed by atoms with Crippen molar-refractivity contribution in [1.29, 1.82) is 0 Å². The number of hydrogen-bond acceptors (Lipinski definition) is 0. The van der Waals surface area contributed by atoms with E-state index >= 15 is 0 Å². The molecular formula is C2H9ISi3. The van der Waals surface area contributed by atoms with Crippen LogP contribution in [-0.2, 0) is 0 Å². The molecule has 1 aliphatic rings. The van der Waals surface area contributed by atoms with Gasteiger partial charge in [0.25, 0.3) is 0 Å². The molecule has 0 spiro atoms. The quantitative estimate of drug-likeness (QED) is 0.301. The summed E-state index contributed by atoms with van der Waals surface area (Å²) in [4.78, 5) is 0. The third-order valence-electron chi connectivity index (χ3n) is 1.28. The molecule has 0 N–H and O–H groups in total. The zero-order chi connectivity index (χ0) is 4.41. The van der Waals surface area contributed by atoms with E-state index in [4.69, 9.17) is 0 Å². The van der Waals surface area contributed by atoms with Crippen LogP contribution in [0.1, 0.15) is 0 Å². The molecule has 6 heavy (non-hydrogen) atoms. The van der Waals surface area contributed by atoms with Crippen molar-refractivity contribution >= 4 is 46.2 Å². The van der Waals surface area contributed by atoms with Gasteiger partial charge in [0.05, 0.1) is 5.81 Å². The largest absolute Gasteiger partial charge is 0.128 e. The van der Waals surface area contributed by atoms with Crippen LogP contribution in [0.4, 0.5) is 0 Å². The molecule has 1 unspecified atom stereocenters. The Hall–Kier alpha value is 1.38. The van der Waals surface area contributed by atoms with E-state index in [0.717, 1.165) is 0 Å². The average Bonchev–Trinajstić information content (AvgIpc) is 1.86. The molecule has 36 valence electrons. The molecule has 0 amide bonds. The first-order valence-corrected chi connectivity index (χ1v) is 13.8. The van der Waals surface area contributed by atoms with Crippen LogP contribution < -0.4 is 0 Å². The van der Waals surface area contributed by atoms with Crippen LogP contribution in [0.5, 0.6) is 0 Å². The molecule has 1 atom stereocenters. The Kier molecular flexibility index (Phi) is 2.42. The topological polar surface area (TPSA) is 0 Å². The van der Waals surface area contributed by atoms with E-state index in [-0.39, 0.29) is 5.81 Å². The van der Waals surface area contributed by atoms with Crippen molar-refractivity contribution < 1.29 is 0 Å². The molecule has 0 saturated carbocycles. The Morgan fingerprint density at radius 1 is 1.67 bits per heavy atom. The summed E-state index contributed by atoms with van der Waals surface area (Å²) in [6.07, 6.45) is 0. The minimum Gasteiger partial charge on any atom is -0.128 e. The summed E-state index contributed by atoms with van der Waals surface area (Å²) in [6.45, 7) is 0. The first-order valence-electron chi connectivity index (χ1n) is 2.53. The average molecular weight is 244 g/mol. The highest BCUT2D eigenvalue weighted by atomic mass is 127. The number of hydrogen-bond donors (Lipinski definition) is 0. The molecule has 0 aromatic carbocycles. The van der Waals surface area contributed by atoms with Crippen LogP contribution in [0.3, 0.4) is 0 Å². The second-order valence-corrected chi connectivity index (χ2v) is 24.5. The molecule has 1 aliphatic heterocycles. The first kappa shape index (κ1) is 5.52. The predicted octanol–water partition coefficient (Wildman–Crippen LogP) is -0.674. The summed E-state index contributed by atoms with van der Waals surface area (Å²) < 4.78 is 0. The van der Waals surface area contributed by atoms with Crippen molar-refractivity contribution in [2.75, 3.05) is 0 Å². The van der Waals surface area contributed by atoms with Crippen molar-refractivity contribution in [2.24, 2.45) is 0 Å². The lowest BCUT2D eigenvalue weighted by molar-refractivity contribution is 1.96. The van der Waals surface area contributed by atoms with E-state index < -0.39 is 0 Å². The van der Waals surface area contributed by atoms with Gasteiger partial charge in [0.15, 0.2) is 0 Å². The summed E-state index contributed by atoms with van der Waals surface area (Å²) >= 11 is 2.77. The third kappa shape index (κ3) is 1.47. The van der Waals surface area contributed by atoms with Crippen molar-refractivity contribution in [3.8, 4) is 0 Å². The van der Waals surface area contributed by atoms with Crippen molar-refractivity contribution in [1.82, 2.24) is 0 Å². The molecular weight excluding hydrogens is 235 g/mol. The van der Waals surface area contributed by atoms with Gasteiger partial charge >= 0.3 is 0 Å². The molecule has 0 nitrogen and oxygen atoms in total. The van der Waals surface area contributed by atoms with Crippen LogP contribution >= 0.6 is 21.8 Å². The van der Waals surface area contributed by atoms with Gasteiger partial charge in [0, 0.05) is 18.6 Å². The van der Waals surface area contributed by atoms with Crippen LogP contribution in [0, 0.1) is 0 Å². The molecule has 0 aromatic heterocycles. The lowest BCUT2D eigenvalue weighted by Gasteiger charge is -1.85. The summed E-state index contributed by atoms with van der Waals surface area (Å²) in [6, 6.07) is 0. The fourth-order valence-corrected chi connectivity index (χ4v) is 38.1. The van der Waals surface area contributed by atoms with Crippen molar-refractivity contribution in [3.63, 3.8) is 0 Å². The maximum absolute atomic E-state index is 2.77. The fourth-order valence-electron chi connectivity index (χ4n) is 0.876.